The Bertz CT molecular complexity index is 107. The number of ether oxygens (including phenoxy) is 1. The van der Waals surface area contributed by atoms with Gasteiger partial charge in [0.25, 0.3) is 0 Å². The topological polar surface area (TPSA) is 24.5 Å². The van der Waals surface area contributed by atoms with Crippen LogP contribution in [-0.4, -0.2) is 38.5 Å². The molecule has 3 heteroatoms. The number of hydrogen-bond acceptors (Lipinski definition) is 3. The van der Waals surface area contributed by atoms with E-state index in [0.717, 1.165) is 12.8 Å². The van der Waals surface area contributed by atoms with Gasteiger partial charge >= 0.3 is 0 Å². The zero-order chi connectivity index (χ0) is 9.56. The summed E-state index contributed by atoms with van der Waals surface area (Å²) < 4.78 is 5.72. The van der Waals surface area contributed by atoms with Crippen LogP contribution in [0.1, 0.15) is 26.7 Å². The number of rotatable bonds is 6. The summed E-state index contributed by atoms with van der Waals surface area (Å²) in [5, 5.41) is 3.06. The fraction of sp³-hybridized carbons (Fsp3) is 1.00. The Morgan fingerprint density at radius 1 is 1.42 bits per heavy atom. The van der Waals surface area contributed by atoms with Gasteiger partial charge in [0.05, 0.1) is 0 Å². The molecule has 0 fully saturated rings. The summed E-state index contributed by atoms with van der Waals surface area (Å²) in [6.07, 6.45) is 2.60. The smallest absolute Gasteiger partial charge is 0.112 e. The molecular formula is C9H22N2O. The summed E-state index contributed by atoms with van der Waals surface area (Å²) in [4.78, 5) is 2.11. The number of nitrogens with one attached hydrogen (secondary N) is 1. The molecule has 12 heavy (non-hydrogen) atoms. The third-order valence-corrected chi connectivity index (χ3v) is 1.88. The van der Waals surface area contributed by atoms with Crippen molar-refractivity contribution in [3.05, 3.63) is 0 Å². The molecule has 2 atom stereocenters. The Morgan fingerprint density at radius 3 is 2.33 bits per heavy atom. The Morgan fingerprint density at radius 2 is 2.00 bits per heavy atom. The molecule has 74 valence electrons. The first-order valence-electron chi connectivity index (χ1n) is 4.61. The summed E-state index contributed by atoms with van der Waals surface area (Å²) >= 11 is 0. The van der Waals surface area contributed by atoms with E-state index >= 15 is 0 Å². The van der Waals surface area contributed by atoms with Crippen molar-refractivity contribution in [1.29, 1.82) is 0 Å². The molecule has 0 aromatic heterocycles. The maximum atomic E-state index is 5.72. The van der Waals surface area contributed by atoms with Crippen LogP contribution < -0.4 is 5.32 Å². The minimum Gasteiger partial charge on any atom is -0.345 e. The lowest BCUT2D eigenvalue weighted by Crippen LogP contribution is -2.37. The highest BCUT2D eigenvalue weighted by Crippen LogP contribution is 2.06. The molecule has 0 amide bonds. The van der Waals surface area contributed by atoms with Crippen LogP contribution in [-0.2, 0) is 4.74 Å². The van der Waals surface area contributed by atoms with Crippen LogP contribution >= 0.6 is 0 Å². The van der Waals surface area contributed by atoms with E-state index in [1.807, 2.05) is 28.1 Å². The first-order valence-corrected chi connectivity index (χ1v) is 4.61. The third-order valence-electron chi connectivity index (χ3n) is 1.88. The van der Waals surface area contributed by atoms with E-state index in [1.165, 1.54) is 0 Å². The molecule has 0 saturated heterocycles. The Kier molecular flexibility index (Phi) is 6.34. The average molecular weight is 174 g/mol. The lowest BCUT2D eigenvalue weighted by molar-refractivity contribution is -0.0881. The van der Waals surface area contributed by atoms with E-state index in [9.17, 15) is 0 Å². The summed E-state index contributed by atoms with van der Waals surface area (Å²) in [5.74, 6) is 0. The molecule has 1 N–H and O–H groups in total. The molecule has 0 aliphatic heterocycles. The van der Waals surface area contributed by atoms with E-state index in [0.29, 0.717) is 0 Å². The minimum atomic E-state index is 0.129. The first-order chi connectivity index (χ1) is 5.61. The maximum absolute atomic E-state index is 5.72. The van der Waals surface area contributed by atoms with Crippen molar-refractivity contribution >= 4 is 0 Å². The summed E-state index contributed by atoms with van der Waals surface area (Å²) in [6, 6.07) is 0. The van der Waals surface area contributed by atoms with Gasteiger partial charge in [-0.3, -0.25) is 10.2 Å². The third kappa shape index (κ3) is 4.70. The highest BCUT2D eigenvalue weighted by Gasteiger charge is 2.12. The molecule has 0 aliphatic rings. The first kappa shape index (κ1) is 11.9. The second-order valence-electron chi connectivity index (χ2n) is 3.27. The van der Waals surface area contributed by atoms with E-state index < -0.39 is 0 Å². The molecule has 0 rings (SSSR count). The molecule has 0 aromatic carbocycles. The Hall–Kier alpha value is -0.120. The van der Waals surface area contributed by atoms with Crippen LogP contribution in [0.5, 0.6) is 0 Å². The van der Waals surface area contributed by atoms with Gasteiger partial charge in [-0.1, -0.05) is 13.3 Å². The van der Waals surface area contributed by atoms with Crippen molar-refractivity contribution in [3.63, 3.8) is 0 Å². The van der Waals surface area contributed by atoms with Gasteiger partial charge in [0, 0.05) is 0 Å². The van der Waals surface area contributed by atoms with Gasteiger partial charge < -0.3 is 4.74 Å². The zero-order valence-electron chi connectivity index (χ0n) is 8.92. The van der Waals surface area contributed by atoms with Crippen LogP contribution in [0.25, 0.3) is 0 Å². The van der Waals surface area contributed by atoms with Gasteiger partial charge in [0.1, 0.15) is 12.5 Å². The molecule has 0 bridgehead atoms. The van der Waals surface area contributed by atoms with Crippen molar-refractivity contribution in [2.75, 3.05) is 21.1 Å². The Labute approximate surface area is 76.1 Å². The van der Waals surface area contributed by atoms with Crippen molar-refractivity contribution in [3.8, 4) is 0 Å². The summed E-state index contributed by atoms with van der Waals surface area (Å²) in [5.41, 5.74) is 0. The van der Waals surface area contributed by atoms with E-state index in [4.69, 9.17) is 4.74 Å². The van der Waals surface area contributed by atoms with Gasteiger partial charge in [-0.05, 0) is 34.5 Å². The highest BCUT2D eigenvalue weighted by atomic mass is 16.5. The summed E-state index contributed by atoms with van der Waals surface area (Å²) in [6.45, 7) is 4.19. The van der Waals surface area contributed by atoms with Crippen LogP contribution in [0, 0.1) is 0 Å². The largest absolute Gasteiger partial charge is 0.345 e. The molecule has 0 aromatic rings. The van der Waals surface area contributed by atoms with Gasteiger partial charge in [-0.25, -0.2) is 0 Å². The predicted octanol–water partition coefficient (Wildman–Crippen LogP) is 1.26. The lowest BCUT2D eigenvalue weighted by atomic mass is 10.3. The molecule has 0 spiro atoms. The maximum Gasteiger partial charge on any atom is 0.112 e. The van der Waals surface area contributed by atoms with E-state index in [2.05, 4.69) is 17.1 Å². The van der Waals surface area contributed by atoms with Crippen LogP contribution in [0.4, 0.5) is 0 Å². The van der Waals surface area contributed by atoms with Crippen molar-refractivity contribution in [2.24, 2.45) is 0 Å². The second kappa shape index (κ2) is 6.40. The van der Waals surface area contributed by atoms with Crippen molar-refractivity contribution in [2.45, 2.75) is 39.1 Å². The van der Waals surface area contributed by atoms with Crippen LogP contribution in [0.2, 0.25) is 0 Å². The molecular weight excluding hydrogens is 152 g/mol. The minimum absolute atomic E-state index is 0.129. The van der Waals surface area contributed by atoms with E-state index in [-0.39, 0.29) is 12.5 Å². The number of nitrogens with zero attached hydrogens (tertiary/aromatic N) is 1. The van der Waals surface area contributed by atoms with Crippen molar-refractivity contribution in [1.82, 2.24) is 10.2 Å². The summed E-state index contributed by atoms with van der Waals surface area (Å²) in [7, 11) is 5.99. The van der Waals surface area contributed by atoms with Gasteiger partial charge in [-0.2, -0.15) is 0 Å². The van der Waals surface area contributed by atoms with Gasteiger partial charge in [0.2, 0.25) is 0 Å². The van der Waals surface area contributed by atoms with Gasteiger partial charge in [-0.15, -0.1) is 0 Å². The monoisotopic (exact) mass is 174 g/mol. The normalized spacial score (nSPS) is 16.5. The predicted molar refractivity (Wildman–Crippen MR) is 52.0 cm³/mol. The molecule has 0 heterocycles. The standard InChI is InChI=1S/C9H22N2O/c1-6-7-9(11(4)5)12-8(2)10-3/h8-10H,6-7H2,1-5H3. The molecule has 0 saturated carbocycles. The fourth-order valence-electron chi connectivity index (χ4n) is 0.999. The molecule has 2 unspecified atom stereocenters. The lowest BCUT2D eigenvalue weighted by Gasteiger charge is -2.27. The fourth-order valence-corrected chi connectivity index (χ4v) is 0.999. The molecule has 0 aliphatic carbocycles. The highest BCUT2D eigenvalue weighted by molar-refractivity contribution is 4.55. The second-order valence-corrected chi connectivity index (χ2v) is 3.27. The van der Waals surface area contributed by atoms with E-state index in [1.54, 1.807) is 0 Å². The zero-order valence-corrected chi connectivity index (χ0v) is 8.92. The molecule has 0 radical (unpaired) electrons. The quantitative estimate of drug-likeness (QED) is 0.613. The molecule has 3 nitrogen and oxygen atoms in total. The Balaban J connectivity index is 3.77. The average Bonchev–Trinajstić information content (AvgIpc) is 2.03. The van der Waals surface area contributed by atoms with Gasteiger partial charge in [0.15, 0.2) is 0 Å². The van der Waals surface area contributed by atoms with Crippen molar-refractivity contribution < 1.29 is 4.74 Å². The SMILES string of the molecule is CCCC(OC(C)NC)N(C)C. The van der Waals surface area contributed by atoms with Crippen LogP contribution in [0.3, 0.4) is 0 Å². The number of hydrogen-bond donors (Lipinski definition) is 1. The van der Waals surface area contributed by atoms with Crippen LogP contribution in [0.15, 0.2) is 0 Å².